The van der Waals surface area contributed by atoms with Crippen molar-refractivity contribution in [2.45, 2.75) is 32.4 Å². The van der Waals surface area contributed by atoms with Gasteiger partial charge in [0.15, 0.2) is 0 Å². The summed E-state index contributed by atoms with van der Waals surface area (Å²) in [6.45, 7) is 5.70. The van der Waals surface area contributed by atoms with Crippen LogP contribution in [0.15, 0.2) is 54.6 Å². The van der Waals surface area contributed by atoms with Crippen molar-refractivity contribution < 1.29 is 27.5 Å². The number of halogens is 3. The van der Waals surface area contributed by atoms with Crippen molar-refractivity contribution in [3.63, 3.8) is 0 Å². The Hall–Kier alpha value is -4.02. The summed E-state index contributed by atoms with van der Waals surface area (Å²) >= 11 is 0. The highest BCUT2D eigenvalue weighted by atomic mass is 19.4. The number of amides is 3. The molecule has 2 N–H and O–H groups in total. The van der Waals surface area contributed by atoms with E-state index in [1.165, 1.54) is 7.05 Å². The number of benzene rings is 2. The first-order chi connectivity index (χ1) is 16.8. The Morgan fingerprint density at radius 2 is 1.61 bits per heavy atom. The van der Waals surface area contributed by atoms with Gasteiger partial charge in [0.2, 0.25) is 5.91 Å². The van der Waals surface area contributed by atoms with Crippen LogP contribution in [0.4, 0.5) is 29.5 Å². The smallest absolute Gasteiger partial charge is 0.416 e. The van der Waals surface area contributed by atoms with E-state index >= 15 is 0 Å². The third-order valence-corrected chi connectivity index (χ3v) is 5.25. The lowest BCUT2D eigenvalue weighted by Crippen LogP contribution is -2.37. The van der Waals surface area contributed by atoms with E-state index in [0.29, 0.717) is 17.3 Å². The van der Waals surface area contributed by atoms with E-state index in [0.717, 1.165) is 34.9 Å². The van der Waals surface area contributed by atoms with Crippen molar-refractivity contribution in [3.8, 4) is 11.4 Å². The highest BCUT2D eigenvalue weighted by Crippen LogP contribution is 2.30. The monoisotopic (exact) mass is 503 g/mol. The largest absolute Gasteiger partial charge is 0.497 e. The molecule has 192 valence electrons. The number of nitrogens with one attached hydrogen (secondary N) is 2. The molecule has 0 bridgehead atoms. The number of anilines is 2. The van der Waals surface area contributed by atoms with Crippen LogP contribution in [0.5, 0.6) is 5.75 Å². The maximum absolute atomic E-state index is 12.8. The Morgan fingerprint density at radius 1 is 1.00 bits per heavy atom. The van der Waals surface area contributed by atoms with E-state index in [-0.39, 0.29) is 17.6 Å². The van der Waals surface area contributed by atoms with Crippen LogP contribution in [0, 0.1) is 0 Å². The highest BCUT2D eigenvalue weighted by molar-refractivity contribution is 5.96. The van der Waals surface area contributed by atoms with Crippen molar-refractivity contribution in [1.82, 2.24) is 14.7 Å². The first kappa shape index (κ1) is 26.6. The summed E-state index contributed by atoms with van der Waals surface area (Å²) in [6.07, 6.45) is -4.47. The number of aromatic nitrogens is 2. The van der Waals surface area contributed by atoms with Crippen molar-refractivity contribution in [2.75, 3.05) is 31.3 Å². The van der Waals surface area contributed by atoms with Crippen molar-refractivity contribution >= 4 is 23.4 Å². The molecule has 1 heterocycles. The fraction of sp³-hybridized carbons (Fsp3) is 0.320. The van der Waals surface area contributed by atoms with Gasteiger partial charge >= 0.3 is 12.2 Å². The van der Waals surface area contributed by atoms with Gasteiger partial charge in [-0.05, 0) is 48.5 Å². The second kappa shape index (κ2) is 10.3. The Balaban J connectivity index is 1.70. The molecule has 0 saturated carbocycles. The fourth-order valence-electron chi connectivity index (χ4n) is 3.19. The first-order valence-corrected chi connectivity index (χ1v) is 11.0. The molecule has 2 aromatic carbocycles. The maximum atomic E-state index is 12.8. The van der Waals surface area contributed by atoms with Gasteiger partial charge in [-0.3, -0.25) is 4.79 Å². The van der Waals surface area contributed by atoms with Gasteiger partial charge in [0, 0.05) is 24.2 Å². The zero-order chi connectivity index (χ0) is 26.7. The van der Waals surface area contributed by atoms with E-state index in [1.54, 1.807) is 42.1 Å². The van der Waals surface area contributed by atoms with Gasteiger partial charge in [-0.25, -0.2) is 9.48 Å². The quantitative estimate of drug-likeness (QED) is 0.478. The average Bonchev–Trinajstić information content (AvgIpc) is 3.23. The van der Waals surface area contributed by atoms with Gasteiger partial charge in [-0.15, -0.1) is 0 Å². The molecule has 3 amide bonds. The molecule has 0 aliphatic rings. The number of hydrogen-bond acceptors (Lipinski definition) is 4. The summed E-state index contributed by atoms with van der Waals surface area (Å²) < 4.78 is 44.9. The van der Waals surface area contributed by atoms with Gasteiger partial charge in [-0.1, -0.05) is 20.8 Å². The molecule has 0 radical (unpaired) electrons. The van der Waals surface area contributed by atoms with Crippen LogP contribution in [-0.4, -0.2) is 47.3 Å². The number of urea groups is 1. The minimum Gasteiger partial charge on any atom is -0.497 e. The number of ether oxygens (including phenoxy) is 1. The molecule has 11 heteroatoms. The molecule has 1 aromatic heterocycles. The van der Waals surface area contributed by atoms with Gasteiger partial charge in [0.1, 0.15) is 18.1 Å². The summed E-state index contributed by atoms with van der Waals surface area (Å²) in [5.74, 6) is 0.620. The van der Waals surface area contributed by atoms with E-state index in [9.17, 15) is 22.8 Å². The van der Waals surface area contributed by atoms with E-state index in [2.05, 4.69) is 15.7 Å². The number of carbonyl (C=O) groups excluding carboxylic acids is 2. The van der Waals surface area contributed by atoms with Gasteiger partial charge < -0.3 is 20.3 Å². The topological polar surface area (TPSA) is 88.5 Å². The van der Waals surface area contributed by atoms with E-state index in [1.807, 2.05) is 20.8 Å². The predicted molar refractivity (Wildman–Crippen MR) is 131 cm³/mol. The van der Waals surface area contributed by atoms with Crippen LogP contribution >= 0.6 is 0 Å². The lowest BCUT2D eigenvalue weighted by Gasteiger charge is -2.18. The Bertz CT molecular complexity index is 1210. The summed E-state index contributed by atoms with van der Waals surface area (Å²) in [5, 5.41) is 9.90. The lowest BCUT2D eigenvalue weighted by molar-refractivity contribution is -0.137. The molecule has 0 fully saturated rings. The number of hydrogen-bond donors (Lipinski definition) is 2. The summed E-state index contributed by atoms with van der Waals surface area (Å²) in [6, 6.07) is 12.3. The van der Waals surface area contributed by atoms with Crippen LogP contribution in [-0.2, 0) is 16.4 Å². The van der Waals surface area contributed by atoms with E-state index < -0.39 is 23.7 Å². The lowest BCUT2D eigenvalue weighted by atomic mass is 9.92. The molecular formula is C25H28F3N5O3. The van der Waals surface area contributed by atoms with Gasteiger partial charge in [0.25, 0.3) is 0 Å². The third-order valence-electron chi connectivity index (χ3n) is 5.25. The van der Waals surface area contributed by atoms with Crippen molar-refractivity contribution in [3.05, 3.63) is 65.9 Å². The zero-order valence-electron chi connectivity index (χ0n) is 20.6. The van der Waals surface area contributed by atoms with Crippen LogP contribution < -0.4 is 15.4 Å². The standard InChI is InChI=1S/C25H28F3N5O3/c1-24(2,3)20-14-21(33(31-20)18-10-12-19(36-5)13-11-18)30-22(34)15-32(4)23(35)29-17-8-6-16(7-9-17)25(26,27)28/h6-14H,15H2,1-5H3,(H,29,35)(H,30,34). The number of nitrogens with zero attached hydrogens (tertiary/aromatic N) is 3. The number of rotatable bonds is 6. The molecule has 0 unspecified atom stereocenters. The normalized spacial score (nSPS) is 11.7. The first-order valence-electron chi connectivity index (χ1n) is 11.0. The molecule has 3 rings (SSSR count). The maximum Gasteiger partial charge on any atom is 0.416 e. The number of methoxy groups -OCH3 is 1. The van der Waals surface area contributed by atoms with Crippen molar-refractivity contribution in [1.29, 1.82) is 0 Å². The van der Waals surface area contributed by atoms with E-state index in [4.69, 9.17) is 4.74 Å². The molecule has 0 spiro atoms. The molecule has 36 heavy (non-hydrogen) atoms. The summed E-state index contributed by atoms with van der Waals surface area (Å²) in [7, 11) is 2.97. The third kappa shape index (κ3) is 6.55. The highest BCUT2D eigenvalue weighted by Gasteiger charge is 2.30. The van der Waals surface area contributed by atoms with Crippen molar-refractivity contribution in [2.24, 2.45) is 0 Å². The molecule has 0 saturated heterocycles. The zero-order valence-corrected chi connectivity index (χ0v) is 20.6. The summed E-state index contributed by atoms with van der Waals surface area (Å²) in [4.78, 5) is 26.3. The minimum absolute atomic E-state index is 0.174. The number of alkyl halides is 3. The predicted octanol–water partition coefficient (Wildman–Crippen LogP) is 5.30. The SMILES string of the molecule is COc1ccc(-n2nc(C(C)(C)C)cc2NC(=O)CN(C)C(=O)Nc2ccc(C(F)(F)F)cc2)cc1. The van der Waals surface area contributed by atoms with Gasteiger partial charge in [-0.2, -0.15) is 18.3 Å². The van der Waals surface area contributed by atoms with Crippen LogP contribution in [0.25, 0.3) is 5.69 Å². The minimum atomic E-state index is -4.47. The number of likely N-dealkylation sites (N-methyl/N-ethyl adjacent to an activating group) is 1. The molecule has 0 atom stereocenters. The molecule has 0 aliphatic heterocycles. The average molecular weight is 504 g/mol. The molecule has 8 nitrogen and oxygen atoms in total. The van der Waals surface area contributed by atoms with Crippen LogP contribution in [0.2, 0.25) is 0 Å². The Kier molecular flexibility index (Phi) is 7.61. The fourth-order valence-corrected chi connectivity index (χ4v) is 3.19. The van der Waals surface area contributed by atoms with Crippen LogP contribution in [0.1, 0.15) is 32.0 Å². The van der Waals surface area contributed by atoms with Crippen LogP contribution in [0.3, 0.4) is 0 Å². The molecule has 0 aliphatic carbocycles. The molecule has 3 aromatic rings. The Labute approximate surface area is 207 Å². The Morgan fingerprint density at radius 3 is 2.14 bits per heavy atom. The summed E-state index contributed by atoms with van der Waals surface area (Å²) in [5.41, 5.74) is 0.524. The van der Waals surface area contributed by atoms with Gasteiger partial charge in [0.05, 0.1) is 24.1 Å². The second-order valence-corrected chi connectivity index (χ2v) is 9.18. The second-order valence-electron chi connectivity index (χ2n) is 9.18. The number of carbonyl (C=O) groups is 2. The molecular weight excluding hydrogens is 475 g/mol.